The lowest BCUT2D eigenvalue weighted by Gasteiger charge is -2.17. The highest BCUT2D eigenvalue weighted by Gasteiger charge is 2.15. The van der Waals surface area contributed by atoms with Crippen LogP contribution in [-0.4, -0.2) is 22.2 Å². The summed E-state index contributed by atoms with van der Waals surface area (Å²) < 4.78 is 5.31. The van der Waals surface area contributed by atoms with E-state index in [9.17, 15) is 15.2 Å². The van der Waals surface area contributed by atoms with Crippen LogP contribution in [0.15, 0.2) is 18.2 Å². The normalized spacial score (nSPS) is 14.2. The van der Waals surface area contributed by atoms with E-state index in [1.807, 2.05) is 0 Å². The van der Waals surface area contributed by atoms with E-state index >= 15 is 0 Å². The van der Waals surface area contributed by atoms with Gasteiger partial charge in [-0.1, -0.05) is 11.6 Å². The van der Waals surface area contributed by atoms with Crippen molar-refractivity contribution >= 4 is 17.3 Å². The molecule has 1 N–H and O–H groups in total. The fourth-order valence-corrected chi connectivity index (χ4v) is 1.16. The summed E-state index contributed by atoms with van der Waals surface area (Å²) in [5.41, 5.74) is -0.0998. The van der Waals surface area contributed by atoms with E-state index in [-0.39, 0.29) is 16.5 Å². The number of nitro benzene ring substituents is 1. The zero-order chi connectivity index (χ0) is 12.3. The molecule has 16 heavy (non-hydrogen) atoms. The molecule has 1 rings (SSSR count). The molecule has 0 spiro atoms. The molecular formula is C10H12ClNO4. The summed E-state index contributed by atoms with van der Waals surface area (Å²) in [6, 6.07) is 3.92. The van der Waals surface area contributed by atoms with Crippen molar-refractivity contribution in [1.82, 2.24) is 0 Å². The third-order valence-corrected chi connectivity index (χ3v) is 2.43. The minimum atomic E-state index is -0.685. The van der Waals surface area contributed by atoms with Gasteiger partial charge in [0.1, 0.15) is 11.9 Å². The van der Waals surface area contributed by atoms with Crippen molar-refractivity contribution in [2.45, 2.75) is 26.1 Å². The Morgan fingerprint density at radius 2 is 2.12 bits per heavy atom. The average molecular weight is 246 g/mol. The molecule has 0 aromatic heterocycles. The second-order valence-corrected chi connectivity index (χ2v) is 3.84. The molecule has 88 valence electrons. The third-order valence-electron chi connectivity index (χ3n) is 2.12. The topological polar surface area (TPSA) is 72.6 Å². The Kier molecular flexibility index (Phi) is 4.09. The van der Waals surface area contributed by atoms with Gasteiger partial charge in [0.15, 0.2) is 0 Å². The molecule has 0 saturated carbocycles. The molecule has 1 aromatic rings. The Morgan fingerprint density at radius 3 is 2.62 bits per heavy atom. The highest BCUT2D eigenvalue weighted by molar-refractivity contribution is 6.32. The molecule has 0 heterocycles. The summed E-state index contributed by atoms with van der Waals surface area (Å²) in [5, 5.41) is 20.1. The largest absolute Gasteiger partial charge is 0.486 e. The zero-order valence-electron chi connectivity index (χ0n) is 8.88. The summed E-state index contributed by atoms with van der Waals surface area (Å²) in [7, 11) is 0. The summed E-state index contributed by atoms with van der Waals surface area (Å²) in [6.07, 6.45) is -1.17. The zero-order valence-corrected chi connectivity index (χ0v) is 9.64. The van der Waals surface area contributed by atoms with Crippen LogP contribution in [0.2, 0.25) is 5.02 Å². The molecule has 0 aliphatic heterocycles. The average Bonchev–Trinajstić information content (AvgIpc) is 2.20. The lowest BCUT2D eigenvalue weighted by atomic mass is 10.2. The maximum Gasteiger partial charge on any atom is 0.273 e. The van der Waals surface area contributed by atoms with E-state index in [0.717, 1.165) is 0 Å². The standard InChI is InChI=1S/C10H12ClNO4/c1-6(13)7(2)16-10-5-8(12(14)15)3-4-9(10)11/h3-7,13H,1-2H3. The van der Waals surface area contributed by atoms with Gasteiger partial charge in [-0.25, -0.2) is 0 Å². The number of non-ortho nitro benzene ring substituents is 1. The maximum absolute atomic E-state index is 10.5. The first kappa shape index (κ1) is 12.7. The van der Waals surface area contributed by atoms with Crippen molar-refractivity contribution in [2.75, 3.05) is 0 Å². The number of hydrogen-bond donors (Lipinski definition) is 1. The quantitative estimate of drug-likeness (QED) is 0.653. The van der Waals surface area contributed by atoms with Crippen LogP contribution in [0.4, 0.5) is 5.69 Å². The number of rotatable bonds is 4. The number of hydrogen-bond acceptors (Lipinski definition) is 4. The van der Waals surface area contributed by atoms with Gasteiger partial charge in [-0.3, -0.25) is 10.1 Å². The third kappa shape index (κ3) is 3.08. The number of aliphatic hydroxyl groups is 1. The summed E-state index contributed by atoms with van der Waals surface area (Å²) in [5.74, 6) is 0.198. The molecule has 0 radical (unpaired) electrons. The van der Waals surface area contributed by atoms with Crippen LogP contribution in [0.25, 0.3) is 0 Å². The molecule has 2 unspecified atom stereocenters. The molecule has 0 bridgehead atoms. The SMILES string of the molecule is CC(O)C(C)Oc1cc([N+](=O)[O-])ccc1Cl. The number of ether oxygens (including phenoxy) is 1. The Labute approximate surface area is 97.8 Å². The van der Waals surface area contributed by atoms with Gasteiger partial charge in [-0.2, -0.15) is 0 Å². The highest BCUT2D eigenvalue weighted by atomic mass is 35.5. The minimum absolute atomic E-state index is 0.0998. The predicted octanol–water partition coefficient (Wildman–Crippen LogP) is 2.40. The van der Waals surface area contributed by atoms with Gasteiger partial charge in [0.05, 0.1) is 22.1 Å². The summed E-state index contributed by atoms with van der Waals surface area (Å²) >= 11 is 5.82. The van der Waals surface area contributed by atoms with Gasteiger partial charge in [0.25, 0.3) is 5.69 Å². The van der Waals surface area contributed by atoms with Crippen LogP contribution < -0.4 is 4.74 Å². The smallest absolute Gasteiger partial charge is 0.273 e. The number of benzene rings is 1. The molecule has 0 fully saturated rings. The van der Waals surface area contributed by atoms with Crippen molar-refractivity contribution in [1.29, 1.82) is 0 Å². The molecule has 0 aliphatic carbocycles. The van der Waals surface area contributed by atoms with Gasteiger partial charge in [0.2, 0.25) is 0 Å². The fourth-order valence-electron chi connectivity index (χ4n) is 0.995. The van der Waals surface area contributed by atoms with E-state index in [4.69, 9.17) is 16.3 Å². The van der Waals surface area contributed by atoms with E-state index in [1.165, 1.54) is 18.2 Å². The monoisotopic (exact) mass is 245 g/mol. The van der Waals surface area contributed by atoms with Crippen molar-refractivity contribution in [3.8, 4) is 5.75 Å². The molecule has 5 nitrogen and oxygen atoms in total. The van der Waals surface area contributed by atoms with Gasteiger partial charge in [-0.05, 0) is 19.9 Å². The van der Waals surface area contributed by atoms with Crippen LogP contribution in [0.3, 0.4) is 0 Å². The number of halogens is 1. The Hall–Kier alpha value is -1.33. The first-order chi connectivity index (χ1) is 7.41. The van der Waals surface area contributed by atoms with Crippen molar-refractivity contribution in [3.05, 3.63) is 33.3 Å². The summed E-state index contributed by atoms with van der Waals surface area (Å²) in [4.78, 5) is 10.0. The molecule has 6 heteroatoms. The first-order valence-electron chi connectivity index (χ1n) is 4.70. The second kappa shape index (κ2) is 5.14. The fraction of sp³-hybridized carbons (Fsp3) is 0.400. The van der Waals surface area contributed by atoms with Gasteiger partial charge in [0, 0.05) is 6.07 Å². The van der Waals surface area contributed by atoms with E-state index in [0.29, 0.717) is 0 Å². The summed E-state index contributed by atoms with van der Waals surface area (Å²) in [6.45, 7) is 3.22. The number of nitrogens with zero attached hydrogens (tertiary/aromatic N) is 1. The lowest BCUT2D eigenvalue weighted by Crippen LogP contribution is -2.25. The highest BCUT2D eigenvalue weighted by Crippen LogP contribution is 2.29. The van der Waals surface area contributed by atoms with Crippen LogP contribution in [0, 0.1) is 10.1 Å². The van der Waals surface area contributed by atoms with Crippen LogP contribution in [0.5, 0.6) is 5.75 Å². The minimum Gasteiger partial charge on any atom is -0.486 e. The Bertz CT molecular complexity index is 394. The second-order valence-electron chi connectivity index (χ2n) is 3.44. The van der Waals surface area contributed by atoms with Crippen molar-refractivity contribution < 1.29 is 14.8 Å². The maximum atomic E-state index is 10.5. The van der Waals surface area contributed by atoms with E-state index in [1.54, 1.807) is 13.8 Å². The Balaban J connectivity index is 2.94. The molecule has 0 aliphatic rings. The van der Waals surface area contributed by atoms with Gasteiger partial charge >= 0.3 is 0 Å². The molecule has 1 aromatic carbocycles. The molecular weight excluding hydrogens is 234 g/mol. The Morgan fingerprint density at radius 1 is 1.50 bits per heavy atom. The molecule has 0 saturated heterocycles. The van der Waals surface area contributed by atoms with E-state index < -0.39 is 17.1 Å². The van der Waals surface area contributed by atoms with Crippen LogP contribution >= 0.6 is 11.6 Å². The lowest BCUT2D eigenvalue weighted by molar-refractivity contribution is -0.385. The van der Waals surface area contributed by atoms with Gasteiger partial charge in [-0.15, -0.1) is 0 Å². The van der Waals surface area contributed by atoms with Crippen LogP contribution in [0.1, 0.15) is 13.8 Å². The predicted molar refractivity (Wildman–Crippen MR) is 59.9 cm³/mol. The first-order valence-corrected chi connectivity index (χ1v) is 5.08. The molecule has 0 amide bonds. The molecule has 2 atom stereocenters. The van der Waals surface area contributed by atoms with Crippen LogP contribution in [-0.2, 0) is 0 Å². The van der Waals surface area contributed by atoms with Gasteiger partial charge < -0.3 is 9.84 Å². The van der Waals surface area contributed by atoms with E-state index in [2.05, 4.69) is 0 Å². The van der Waals surface area contributed by atoms with Crippen molar-refractivity contribution in [3.63, 3.8) is 0 Å². The van der Waals surface area contributed by atoms with Crippen molar-refractivity contribution in [2.24, 2.45) is 0 Å². The number of nitro groups is 1. The number of aliphatic hydroxyl groups excluding tert-OH is 1.